The van der Waals surface area contributed by atoms with Gasteiger partial charge in [-0.25, -0.2) is 9.78 Å². The minimum absolute atomic E-state index is 0.197. The van der Waals surface area contributed by atoms with E-state index in [0.29, 0.717) is 27.1 Å². The Hall–Kier alpha value is -2.31. The van der Waals surface area contributed by atoms with Gasteiger partial charge in [0.1, 0.15) is 11.4 Å². The Balaban J connectivity index is 1.96. The first-order valence-electron chi connectivity index (χ1n) is 8.39. The van der Waals surface area contributed by atoms with Crippen molar-refractivity contribution in [3.8, 4) is 0 Å². The van der Waals surface area contributed by atoms with Crippen LogP contribution >= 0.6 is 23.2 Å². The number of carbonyl (C=O) groups excluding carboxylic acids is 1. The Kier molecular flexibility index (Phi) is 5.31. The molecule has 27 heavy (non-hydrogen) atoms. The summed E-state index contributed by atoms with van der Waals surface area (Å²) in [5, 5.41) is 0.865. The highest BCUT2D eigenvalue weighted by Gasteiger charge is 2.25. The second kappa shape index (κ2) is 7.37. The van der Waals surface area contributed by atoms with Gasteiger partial charge < -0.3 is 9.72 Å². The predicted molar refractivity (Wildman–Crippen MR) is 108 cm³/mol. The fourth-order valence-corrected chi connectivity index (χ4v) is 2.88. The molecular formula is C19H20Cl2N4O2. The number of aromatic amines is 1. The monoisotopic (exact) mass is 406 g/mol. The number of carbonyl (C=O) groups is 1. The number of fused-ring (bicyclic) bond motifs is 1. The predicted octanol–water partition coefficient (Wildman–Crippen LogP) is 5.51. The van der Waals surface area contributed by atoms with Gasteiger partial charge in [-0.2, -0.15) is 0 Å². The molecule has 1 N–H and O–H groups in total. The molecule has 1 aromatic carbocycles. The van der Waals surface area contributed by atoms with Gasteiger partial charge in [0, 0.05) is 11.9 Å². The van der Waals surface area contributed by atoms with Crippen LogP contribution in [-0.4, -0.2) is 26.6 Å². The molecule has 3 rings (SSSR count). The van der Waals surface area contributed by atoms with Crippen LogP contribution in [0.2, 0.25) is 10.0 Å². The molecule has 8 heteroatoms. The molecular weight excluding hydrogens is 387 g/mol. The summed E-state index contributed by atoms with van der Waals surface area (Å²) in [4.78, 5) is 26.2. The molecule has 2 aromatic heterocycles. The number of hydrogen-bond acceptors (Lipinski definition) is 4. The van der Waals surface area contributed by atoms with Crippen LogP contribution in [0.25, 0.3) is 11.0 Å². The SMILES string of the molecule is Cc1cc(N(Cc2nc3cc(Cl)c(Cl)cc3[nH]2)C(=O)OC(C)(C)C)ccn1. The fourth-order valence-electron chi connectivity index (χ4n) is 2.56. The molecule has 0 aliphatic carbocycles. The summed E-state index contributed by atoms with van der Waals surface area (Å²) >= 11 is 12.1. The van der Waals surface area contributed by atoms with Crippen LogP contribution in [0.5, 0.6) is 0 Å². The summed E-state index contributed by atoms with van der Waals surface area (Å²) in [5.41, 5.74) is 2.27. The van der Waals surface area contributed by atoms with Crippen molar-refractivity contribution in [1.29, 1.82) is 0 Å². The van der Waals surface area contributed by atoms with Crippen LogP contribution in [0.15, 0.2) is 30.5 Å². The molecule has 3 aromatic rings. The molecule has 0 saturated heterocycles. The number of H-pyrrole nitrogens is 1. The third-order valence-corrected chi connectivity index (χ3v) is 4.41. The van der Waals surface area contributed by atoms with E-state index in [2.05, 4.69) is 15.0 Å². The Morgan fingerprint density at radius 3 is 2.59 bits per heavy atom. The Labute approximate surface area is 167 Å². The number of aryl methyl sites for hydroxylation is 1. The van der Waals surface area contributed by atoms with Gasteiger partial charge in [0.15, 0.2) is 0 Å². The number of aromatic nitrogens is 3. The molecule has 0 aliphatic rings. The second-order valence-corrected chi connectivity index (χ2v) is 8.00. The number of amides is 1. The molecule has 1 amide bonds. The third kappa shape index (κ3) is 4.70. The maximum Gasteiger partial charge on any atom is 0.415 e. The normalized spacial score (nSPS) is 11.6. The van der Waals surface area contributed by atoms with E-state index in [4.69, 9.17) is 27.9 Å². The molecule has 0 unspecified atom stereocenters. The number of ether oxygens (including phenoxy) is 1. The first kappa shape index (κ1) is 19.5. The summed E-state index contributed by atoms with van der Waals surface area (Å²) < 4.78 is 5.56. The van der Waals surface area contributed by atoms with Crippen molar-refractivity contribution < 1.29 is 9.53 Å². The van der Waals surface area contributed by atoms with Gasteiger partial charge in [0.05, 0.1) is 33.3 Å². The van der Waals surface area contributed by atoms with Crippen LogP contribution < -0.4 is 4.90 Å². The molecule has 142 valence electrons. The van der Waals surface area contributed by atoms with E-state index in [1.165, 1.54) is 4.90 Å². The lowest BCUT2D eigenvalue weighted by atomic mass is 10.2. The average Bonchev–Trinajstić information content (AvgIpc) is 2.92. The van der Waals surface area contributed by atoms with Crippen molar-refractivity contribution in [1.82, 2.24) is 15.0 Å². The Morgan fingerprint density at radius 1 is 1.22 bits per heavy atom. The smallest absolute Gasteiger partial charge is 0.415 e. The van der Waals surface area contributed by atoms with Crippen LogP contribution in [0.3, 0.4) is 0 Å². The van der Waals surface area contributed by atoms with E-state index in [1.807, 2.05) is 33.8 Å². The Morgan fingerprint density at radius 2 is 1.93 bits per heavy atom. The standard InChI is InChI=1S/C19H20Cl2N4O2/c1-11-7-12(5-6-22-11)25(18(26)27-19(2,3)4)10-17-23-15-8-13(20)14(21)9-16(15)24-17/h5-9H,10H2,1-4H3,(H,23,24). The van der Waals surface area contributed by atoms with Crippen molar-refractivity contribution in [2.45, 2.75) is 39.8 Å². The van der Waals surface area contributed by atoms with Crippen molar-refractivity contribution in [2.75, 3.05) is 4.90 Å². The zero-order chi connectivity index (χ0) is 19.8. The molecule has 0 radical (unpaired) electrons. The van der Waals surface area contributed by atoms with E-state index in [1.54, 1.807) is 24.4 Å². The van der Waals surface area contributed by atoms with Crippen LogP contribution in [0.1, 0.15) is 32.3 Å². The molecule has 0 atom stereocenters. The van der Waals surface area contributed by atoms with Crippen molar-refractivity contribution in [3.05, 3.63) is 52.0 Å². The number of pyridine rings is 1. The molecule has 0 bridgehead atoms. The van der Waals surface area contributed by atoms with E-state index in [9.17, 15) is 4.79 Å². The number of nitrogens with one attached hydrogen (secondary N) is 1. The first-order valence-corrected chi connectivity index (χ1v) is 9.15. The van der Waals surface area contributed by atoms with Gasteiger partial charge in [-0.15, -0.1) is 0 Å². The molecule has 6 nitrogen and oxygen atoms in total. The summed E-state index contributed by atoms with van der Waals surface area (Å²) in [5.74, 6) is 0.587. The summed E-state index contributed by atoms with van der Waals surface area (Å²) in [7, 11) is 0. The highest BCUT2D eigenvalue weighted by molar-refractivity contribution is 6.42. The zero-order valence-electron chi connectivity index (χ0n) is 15.5. The molecule has 0 aliphatic heterocycles. The lowest BCUT2D eigenvalue weighted by molar-refractivity contribution is 0.0576. The zero-order valence-corrected chi connectivity index (χ0v) is 17.0. The summed E-state index contributed by atoms with van der Waals surface area (Å²) in [6, 6.07) is 6.98. The Bertz CT molecular complexity index is 956. The highest BCUT2D eigenvalue weighted by Crippen LogP contribution is 2.27. The maximum absolute atomic E-state index is 12.8. The van der Waals surface area contributed by atoms with Gasteiger partial charge in [-0.05, 0) is 52.0 Å². The number of rotatable bonds is 3. The van der Waals surface area contributed by atoms with Crippen LogP contribution in [0.4, 0.5) is 10.5 Å². The minimum atomic E-state index is -0.619. The van der Waals surface area contributed by atoms with Crippen LogP contribution in [0, 0.1) is 6.92 Å². The quantitative estimate of drug-likeness (QED) is 0.621. The average molecular weight is 407 g/mol. The number of hydrogen-bond donors (Lipinski definition) is 1. The van der Waals surface area contributed by atoms with Gasteiger partial charge in [-0.3, -0.25) is 9.88 Å². The lowest BCUT2D eigenvalue weighted by Gasteiger charge is -2.27. The van der Waals surface area contributed by atoms with Gasteiger partial charge >= 0.3 is 6.09 Å². The molecule has 0 saturated carbocycles. The topological polar surface area (TPSA) is 71.1 Å². The number of nitrogens with zero attached hydrogens (tertiary/aromatic N) is 3. The second-order valence-electron chi connectivity index (χ2n) is 7.19. The van der Waals surface area contributed by atoms with Gasteiger partial charge in [0.2, 0.25) is 0 Å². The van der Waals surface area contributed by atoms with E-state index >= 15 is 0 Å². The largest absolute Gasteiger partial charge is 0.443 e. The van der Waals surface area contributed by atoms with Crippen molar-refractivity contribution in [2.24, 2.45) is 0 Å². The minimum Gasteiger partial charge on any atom is -0.443 e. The van der Waals surface area contributed by atoms with Crippen LogP contribution in [-0.2, 0) is 11.3 Å². The number of halogens is 2. The maximum atomic E-state index is 12.8. The number of imidazole rings is 1. The van der Waals surface area contributed by atoms with Crippen molar-refractivity contribution >= 4 is 46.0 Å². The number of anilines is 1. The first-order chi connectivity index (χ1) is 12.6. The molecule has 0 fully saturated rings. The lowest BCUT2D eigenvalue weighted by Crippen LogP contribution is -2.36. The number of benzene rings is 1. The van der Waals surface area contributed by atoms with Gasteiger partial charge in [0.25, 0.3) is 0 Å². The van der Waals surface area contributed by atoms with E-state index in [-0.39, 0.29) is 6.54 Å². The fraction of sp³-hybridized carbons (Fsp3) is 0.316. The summed E-state index contributed by atoms with van der Waals surface area (Å²) in [6.07, 6.45) is 1.19. The van der Waals surface area contributed by atoms with E-state index in [0.717, 1.165) is 11.2 Å². The van der Waals surface area contributed by atoms with Gasteiger partial charge in [-0.1, -0.05) is 23.2 Å². The molecule has 0 spiro atoms. The third-order valence-electron chi connectivity index (χ3n) is 3.69. The summed E-state index contributed by atoms with van der Waals surface area (Å²) in [6.45, 7) is 7.54. The molecule has 2 heterocycles. The van der Waals surface area contributed by atoms with Crippen molar-refractivity contribution in [3.63, 3.8) is 0 Å². The van der Waals surface area contributed by atoms with E-state index < -0.39 is 11.7 Å². The highest BCUT2D eigenvalue weighted by atomic mass is 35.5.